The van der Waals surface area contributed by atoms with Crippen molar-refractivity contribution in [2.24, 2.45) is 16.7 Å². The average Bonchev–Trinajstić information content (AvgIpc) is 2.47. The Bertz CT molecular complexity index is 564. The van der Waals surface area contributed by atoms with Gasteiger partial charge in [0.2, 0.25) is 0 Å². The molecule has 0 fully saturated rings. The monoisotopic (exact) mass is 298 g/mol. The highest BCUT2D eigenvalue weighted by Gasteiger charge is 2.46. The highest BCUT2D eigenvalue weighted by atomic mass is 16.3. The van der Waals surface area contributed by atoms with Crippen LogP contribution in [0.1, 0.15) is 57.8 Å². The maximum atomic E-state index is 11.0. The first-order valence-electron chi connectivity index (χ1n) is 8.25. The lowest BCUT2D eigenvalue weighted by molar-refractivity contribution is -0.0347. The van der Waals surface area contributed by atoms with Crippen LogP contribution in [0.4, 0.5) is 0 Å². The molecule has 0 bridgehead atoms. The van der Waals surface area contributed by atoms with Crippen LogP contribution in [0.3, 0.4) is 0 Å². The summed E-state index contributed by atoms with van der Waals surface area (Å²) in [6.07, 6.45) is 6.22. The van der Waals surface area contributed by atoms with E-state index in [2.05, 4.69) is 65.5 Å². The average molecular weight is 298 g/mol. The van der Waals surface area contributed by atoms with E-state index in [1.54, 1.807) is 0 Å². The fourth-order valence-corrected chi connectivity index (χ4v) is 3.49. The molecule has 1 heteroatoms. The smallest absolute Gasteiger partial charge is 0.0849 e. The Morgan fingerprint density at radius 1 is 1.32 bits per heavy atom. The van der Waals surface area contributed by atoms with Crippen molar-refractivity contribution in [1.82, 2.24) is 0 Å². The Hall–Kier alpha value is -1.34. The van der Waals surface area contributed by atoms with E-state index in [0.717, 1.165) is 18.4 Å². The number of benzene rings is 1. The van der Waals surface area contributed by atoms with E-state index < -0.39 is 6.10 Å². The van der Waals surface area contributed by atoms with Crippen molar-refractivity contribution in [3.63, 3.8) is 0 Å². The Morgan fingerprint density at radius 2 is 1.91 bits per heavy atom. The van der Waals surface area contributed by atoms with E-state index >= 15 is 0 Å². The Labute approximate surface area is 135 Å². The zero-order chi connectivity index (χ0) is 16.5. The molecule has 120 valence electrons. The van der Waals surface area contributed by atoms with E-state index in [1.165, 1.54) is 11.1 Å². The minimum Gasteiger partial charge on any atom is -0.388 e. The molecule has 0 aromatic heterocycles. The number of aliphatic hydroxyl groups excluding tert-OH is 1. The summed E-state index contributed by atoms with van der Waals surface area (Å²) < 4.78 is 0. The van der Waals surface area contributed by atoms with Gasteiger partial charge in [0.15, 0.2) is 0 Å². The van der Waals surface area contributed by atoms with Crippen molar-refractivity contribution in [3.05, 3.63) is 59.7 Å². The molecular formula is C21H30O. The number of hydrogen-bond donors (Lipinski definition) is 1. The molecule has 0 saturated heterocycles. The predicted molar refractivity (Wildman–Crippen MR) is 94.7 cm³/mol. The van der Waals surface area contributed by atoms with Gasteiger partial charge in [-0.25, -0.2) is 0 Å². The Balaban J connectivity index is 2.31. The van der Waals surface area contributed by atoms with Crippen LogP contribution in [0.2, 0.25) is 0 Å². The van der Waals surface area contributed by atoms with E-state index in [-0.39, 0.29) is 10.8 Å². The molecule has 0 aliphatic heterocycles. The van der Waals surface area contributed by atoms with E-state index in [1.807, 2.05) is 12.1 Å². The lowest BCUT2D eigenvalue weighted by atomic mass is 9.57. The van der Waals surface area contributed by atoms with E-state index in [9.17, 15) is 5.11 Å². The molecule has 0 spiro atoms. The first-order valence-corrected chi connectivity index (χ1v) is 8.25. The minimum absolute atomic E-state index is 0.0425. The summed E-state index contributed by atoms with van der Waals surface area (Å²) in [6.45, 7) is 15.0. The SMILES string of the molecule is C=C(C)[C@H]1CC=C[C@@](C)(C(C)(C)C(O)c2ccc(C)cc2)C1. The van der Waals surface area contributed by atoms with Gasteiger partial charge in [0, 0.05) is 5.41 Å². The summed E-state index contributed by atoms with van der Waals surface area (Å²) in [4.78, 5) is 0. The van der Waals surface area contributed by atoms with Crippen LogP contribution in [-0.2, 0) is 0 Å². The lowest BCUT2D eigenvalue weighted by Gasteiger charge is -2.49. The third-order valence-electron chi connectivity index (χ3n) is 5.82. The molecular weight excluding hydrogens is 268 g/mol. The third kappa shape index (κ3) is 3.05. The van der Waals surface area contributed by atoms with Crippen molar-refractivity contribution >= 4 is 0 Å². The van der Waals surface area contributed by atoms with Gasteiger partial charge in [0.05, 0.1) is 6.10 Å². The zero-order valence-corrected chi connectivity index (χ0v) is 14.7. The summed E-state index contributed by atoms with van der Waals surface area (Å²) in [5.41, 5.74) is 3.19. The maximum Gasteiger partial charge on any atom is 0.0849 e. The van der Waals surface area contributed by atoms with E-state index in [4.69, 9.17) is 0 Å². The summed E-state index contributed by atoms with van der Waals surface area (Å²) in [5, 5.41) is 11.0. The van der Waals surface area contributed by atoms with Crippen LogP contribution >= 0.6 is 0 Å². The molecule has 2 rings (SSSR count). The molecule has 3 atom stereocenters. The predicted octanol–water partition coefficient (Wildman–Crippen LogP) is 5.60. The largest absolute Gasteiger partial charge is 0.388 e. The second-order valence-electron chi connectivity index (χ2n) is 7.84. The van der Waals surface area contributed by atoms with Gasteiger partial charge in [0.25, 0.3) is 0 Å². The molecule has 1 aromatic rings. The molecule has 1 aliphatic rings. The third-order valence-corrected chi connectivity index (χ3v) is 5.82. The molecule has 1 N–H and O–H groups in total. The van der Waals surface area contributed by atoms with Gasteiger partial charge < -0.3 is 5.11 Å². The molecule has 0 saturated carbocycles. The fourth-order valence-electron chi connectivity index (χ4n) is 3.49. The van der Waals surface area contributed by atoms with E-state index in [0.29, 0.717) is 5.92 Å². The normalized spacial score (nSPS) is 26.7. The number of aliphatic hydroxyl groups is 1. The summed E-state index contributed by atoms with van der Waals surface area (Å²) in [6, 6.07) is 8.25. The van der Waals surface area contributed by atoms with Crippen LogP contribution < -0.4 is 0 Å². The standard InChI is InChI=1S/C21H30O/c1-15(2)18-8-7-13-21(6,14-18)20(4,5)19(22)17-11-9-16(3)10-12-17/h7,9-13,18-19,22H,1,8,14H2,2-6H3/t18-,19?,21+/m0/s1. The molecule has 1 unspecified atom stereocenters. The summed E-state index contributed by atoms with van der Waals surface area (Å²) in [5.74, 6) is 0.513. The second-order valence-corrected chi connectivity index (χ2v) is 7.84. The van der Waals surface area contributed by atoms with Crippen molar-refractivity contribution in [2.75, 3.05) is 0 Å². The topological polar surface area (TPSA) is 20.2 Å². The van der Waals surface area contributed by atoms with Crippen molar-refractivity contribution in [2.45, 2.75) is 53.6 Å². The molecule has 1 aliphatic carbocycles. The summed E-state index contributed by atoms with van der Waals surface area (Å²) in [7, 11) is 0. The van der Waals surface area contributed by atoms with Crippen LogP contribution in [0.25, 0.3) is 0 Å². The Morgan fingerprint density at radius 3 is 2.45 bits per heavy atom. The van der Waals surface area contributed by atoms with Crippen molar-refractivity contribution in [1.29, 1.82) is 0 Å². The van der Waals surface area contributed by atoms with Crippen molar-refractivity contribution in [3.8, 4) is 0 Å². The van der Waals surface area contributed by atoms with Gasteiger partial charge in [-0.15, -0.1) is 0 Å². The number of aryl methyl sites for hydroxylation is 1. The van der Waals surface area contributed by atoms with Gasteiger partial charge in [-0.3, -0.25) is 0 Å². The van der Waals surface area contributed by atoms with Gasteiger partial charge in [0.1, 0.15) is 0 Å². The molecule has 0 radical (unpaired) electrons. The number of hydrogen-bond acceptors (Lipinski definition) is 1. The van der Waals surface area contributed by atoms with Crippen LogP contribution in [0, 0.1) is 23.7 Å². The van der Waals surface area contributed by atoms with Gasteiger partial charge in [-0.1, -0.05) is 74.9 Å². The molecule has 22 heavy (non-hydrogen) atoms. The van der Waals surface area contributed by atoms with Gasteiger partial charge in [-0.2, -0.15) is 0 Å². The van der Waals surface area contributed by atoms with Crippen LogP contribution in [-0.4, -0.2) is 5.11 Å². The first kappa shape index (κ1) is 17.0. The highest BCUT2D eigenvalue weighted by molar-refractivity contribution is 5.26. The second kappa shape index (κ2) is 6.04. The molecule has 1 nitrogen and oxygen atoms in total. The zero-order valence-electron chi connectivity index (χ0n) is 14.7. The Kier molecular flexibility index (Phi) is 4.67. The van der Waals surface area contributed by atoms with Gasteiger partial charge in [-0.05, 0) is 43.6 Å². The quantitative estimate of drug-likeness (QED) is 0.717. The lowest BCUT2D eigenvalue weighted by Crippen LogP contribution is -2.41. The molecule has 0 amide bonds. The molecule has 1 aromatic carbocycles. The van der Waals surface area contributed by atoms with Gasteiger partial charge >= 0.3 is 0 Å². The number of rotatable bonds is 4. The number of allylic oxidation sites excluding steroid dienone is 3. The molecule has 0 heterocycles. The fraction of sp³-hybridized carbons (Fsp3) is 0.524. The maximum absolute atomic E-state index is 11.0. The van der Waals surface area contributed by atoms with Crippen LogP contribution in [0.5, 0.6) is 0 Å². The first-order chi connectivity index (χ1) is 10.2. The summed E-state index contributed by atoms with van der Waals surface area (Å²) >= 11 is 0. The van der Waals surface area contributed by atoms with Crippen molar-refractivity contribution < 1.29 is 5.11 Å². The highest BCUT2D eigenvalue weighted by Crippen LogP contribution is 2.54. The minimum atomic E-state index is -0.480. The van der Waals surface area contributed by atoms with Crippen LogP contribution in [0.15, 0.2) is 48.6 Å².